The second-order valence-electron chi connectivity index (χ2n) is 4.39. The van der Waals surface area contributed by atoms with Crippen molar-refractivity contribution >= 4 is 10.0 Å². The second-order valence-corrected chi connectivity index (χ2v) is 6.43. The van der Waals surface area contributed by atoms with Gasteiger partial charge in [-0.05, 0) is 19.3 Å². The molecule has 0 saturated carbocycles. The number of sulfonamides is 1. The summed E-state index contributed by atoms with van der Waals surface area (Å²) < 4.78 is 26.1. The number of nitrogens with one attached hydrogen (secondary N) is 1. The maximum atomic E-state index is 12.3. The Morgan fingerprint density at radius 3 is 3.06 bits per heavy atom. The molecule has 0 radical (unpaired) electrons. The predicted octanol–water partition coefficient (Wildman–Crippen LogP) is 1.24. The summed E-state index contributed by atoms with van der Waals surface area (Å²) >= 11 is 0. The molecule has 1 aromatic heterocycles. The molecule has 0 bridgehead atoms. The molecule has 2 heterocycles. The van der Waals surface area contributed by atoms with E-state index in [0.29, 0.717) is 18.8 Å². The van der Waals surface area contributed by atoms with Crippen LogP contribution in [0.2, 0.25) is 0 Å². The molecular formula is C11H18N4O2S. The number of hydrogen-bond donors (Lipinski definition) is 1. The van der Waals surface area contributed by atoms with Gasteiger partial charge in [0, 0.05) is 6.54 Å². The first kappa shape index (κ1) is 13.2. The minimum absolute atomic E-state index is 0.112. The maximum absolute atomic E-state index is 12.3. The molecule has 2 rings (SSSR count). The number of nitrogens with zero attached hydrogens (tertiary/aromatic N) is 3. The van der Waals surface area contributed by atoms with E-state index in [-0.39, 0.29) is 11.8 Å². The molecule has 0 spiro atoms. The first-order valence-corrected chi connectivity index (χ1v) is 7.72. The van der Waals surface area contributed by atoms with Crippen LogP contribution in [0.4, 0.5) is 0 Å². The summed E-state index contributed by atoms with van der Waals surface area (Å²) in [6.07, 6.45) is 6.23. The second kappa shape index (κ2) is 5.62. The number of rotatable bonds is 5. The molecule has 1 atom stereocenters. The van der Waals surface area contributed by atoms with Crippen molar-refractivity contribution in [3.05, 3.63) is 24.8 Å². The molecule has 1 aliphatic heterocycles. The number of aromatic nitrogens is 3. The fourth-order valence-corrected chi connectivity index (χ4v) is 3.94. The van der Waals surface area contributed by atoms with Crippen molar-refractivity contribution in [2.45, 2.75) is 31.7 Å². The summed E-state index contributed by atoms with van der Waals surface area (Å²) in [4.78, 5) is 4.09. The molecule has 1 fully saturated rings. The first-order valence-electron chi connectivity index (χ1n) is 6.11. The van der Waals surface area contributed by atoms with Gasteiger partial charge in [0.1, 0.15) is 12.2 Å². The van der Waals surface area contributed by atoms with Crippen LogP contribution in [0.25, 0.3) is 0 Å². The number of hydrogen-bond acceptors (Lipinski definition) is 4. The fourth-order valence-electron chi connectivity index (χ4n) is 2.24. The highest BCUT2D eigenvalue weighted by molar-refractivity contribution is 7.89. The van der Waals surface area contributed by atoms with Gasteiger partial charge in [-0.25, -0.2) is 13.4 Å². The molecule has 0 aromatic carbocycles. The van der Waals surface area contributed by atoms with Crippen molar-refractivity contribution in [2.75, 3.05) is 12.3 Å². The molecule has 0 amide bonds. The molecule has 1 saturated heterocycles. The van der Waals surface area contributed by atoms with Crippen LogP contribution in [-0.4, -0.2) is 40.2 Å². The zero-order valence-corrected chi connectivity index (χ0v) is 11.1. The largest absolute Gasteiger partial charge is 0.262 e. The molecule has 7 heteroatoms. The lowest BCUT2D eigenvalue weighted by atomic mass is 10.0. The molecule has 1 aromatic rings. The van der Waals surface area contributed by atoms with Crippen molar-refractivity contribution in [3.8, 4) is 0 Å². The molecule has 1 aliphatic rings. The lowest BCUT2D eigenvalue weighted by Gasteiger charge is -2.33. The lowest BCUT2D eigenvalue weighted by molar-refractivity contribution is 0.247. The molecule has 6 nitrogen and oxygen atoms in total. The highest BCUT2D eigenvalue weighted by atomic mass is 32.2. The van der Waals surface area contributed by atoms with Crippen LogP contribution in [0.15, 0.2) is 19.0 Å². The Labute approximate surface area is 107 Å². The van der Waals surface area contributed by atoms with E-state index >= 15 is 0 Å². The van der Waals surface area contributed by atoms with Gasteiger partial charge in [0.05, 0.1) is 11.8 Å². The van der Waals surface area contributed by atoms with Crippen LogP contribution in [0.5, 0.6) is 0 Å². The quantitative estimate of drug-likeness (QED) is 0.816. The number of allylic oxidation sites excluding steroid dienone is 1. The smallest absolute Gasteiger partial charge is 0.215 e. The van der Waals surface area contributed by atoms with Crippen LogP contribution in [0.3, 0.4) is 0 Å². The monoisotopic (exact) mass is 270 g/mol. The van der Waals surface area contributed by atoms with Gasteiger partial charge in [-0.15, -0.1) is 6.58 Å². The lowest BCUT2D eigenvalue weighted by Crippen LogP contribution is -2.40. The Balaban J connectivity index is 2.20. The minimum Gasteiger partial charge on any atom is -0.262 e. The van der Waals surface area contributed by atoms with Gasteiger partial charge in [0.25, 0.3) is 0 Å². The van der Waals surface area contributed by atoms with Crippen LogP contribution in [-0.2, 0) is 10.0 Å². The number of aromatic amines is 1. The zero-order chi connectivity index (χ0) is 13.0. The number of H-pyrrole nitrogens is 1. The van der Waals surface area contributed by atoms with E-state index in [4.69, 9.17) is 0 Å². The van der Waals surface area contributed by atoms with E-state index in [0.717, 1.165) is 19.3 Å². The summed E-state index contributed by atoms with van der Waals surface area (Å²) in [6, 6.07) is -0.198. The van der Waals surface area contributed by atoms with Gasteiger partial charge in [0.15, 0.2) is 0 Å². The van der Waals surface area contributed by atoms with Crippen molar-refractivity contribution in [3.63, 3.8) is 0 Å². The summed E-state index contributed by atoms with van der Waals surface area (Å²) in [7, 11) is -3.25. The van der Waals surface area contributed by atoms with Crippen molar-refractivity contribution < 1.29 is 8.42 Å². The van der Waals surface area contributed by atoms with Gasteiger partial charge < -0.3 is 0 Å². The maximum Gasteiger partial charge on any atom is 0.215 e. The minimum atomic E-state index is -3.25. The van der Waals surface area contributed by atoms with Crippen LogP contribution in [0.1, 0.15) is 37.5 Å². The fraction of sp³-hybridized carbons (Fsp3) is 0.636. The highest BCUT2D eigenvalue weighted by Crippen LogP contribution is 2.31. The van der Waals surface area contributed by atoms with E-state index < -0.39 is 10.0 Å². The van der Waals surface area contributed by atoms with Crippen LogP contribution >= 0.6 is 0 Å². The zero-order valence-electron chi connectivity index (χ0n) is 10.2. The van der Waals surface area contributed by atoms with E-state index in [1.54, 1.807) is 10.4 Å². The number of piperidine rings is 1. The van der Waals surface area contributed by atoms with E-state index in [1.807, 2.05) is 0 Å². The van der Waals surface area contributed by atoms with Crippen LogP contribution < -0.4 is 0 Å². The topological polar surface area (TPSA) is 79.0 Å². The van der Waals surface area contributed by atoms with Gasteiger partial charge >= 0.3 is 0 Å². The van der Waals surface area contributed by atoms with Crippen molar-refractivity contribution in [2.24, 2.45) is 0 Å². The van der Waals surface area contributed by atoms with E-state index in [1.165, 1.54) is 6.33 Å². The normalized spacial score (nSPS) is 21.9. The average Bonchev–Trinajstić information content (AvgIpc) is 2.90. The molecule has 0 unspecified atom stereocenters. The third-order valence-corrected chi connectivity index (χ3v) is 5.04. The average molecular weight is 270 g/mol. The molecular weight excluding hydrogens is 252 g/mol. The predicted molar refractivity (Wildman–Crippen MR) is 68.3 cm³/mol. The SMILES string of the molecule is C=CCCS(=O)(=O)N1CCCC[C@H]1c1ncn[nH]1. The van der Waals surface area contributed by atoms with Crippen molar-refractivity contribution in [1.82, 2.24) is 19.5 Å². The third-order valence-electron chi connectivity index (χ3n) is 3.14. The van der Waals surface area contributed by atoms with Crippen LogP contribution in [0, 0.1) is 0 Å². The molecule has 1 N–H and O–H groups in total. The van der Waals surface area contributed by atoms with Crippen molar-refractivity contribution in [1.29, 1.82) is 0 Å². The van der Waals surface area contributed by atoms with E-state index in [9.17, 15) is 8.42 Å². The Morgan fingerprint density at radius 2 is 2.39 bits per heavy atom. The summed E-state index contributed by atoms with van der Waals surface area (Å²) in [5.41, 5.74) is 0. The Hall–Kier alpha value is -1.21. The first-order chi connectivity index (χ1) is 8.65. The molecule has 0 aliphatic carbocycles. The third kappa shape index (κ3) is 2.78. The van der Waals surface area contributed by atoms with Gasteiger partial charge in [0.2, 0.25) is 10.0 Å². The summed E-state index contributed by atoms with van der Waals surface area (Å²) in [5.74, 6) is 0.748. The standard InChI is InChI=1S/C11H18N4O2S/c1-2-3-8-18(16,17)15-7-5-4-6-10(15)11-12-9-13-14-11/h2,9-10H,1,3-8H2,(H,12,13,14)/t10-/m0/s1. The Morgan fingerprint density at radius 1 is 1.56 bits per heavy atom. The van der Waals surface area contributed by atoms with Gasteiger partial charge in [-0.1, -0.05) is 12.5 Å². The molecule has 18 heavy (non-hydrogen) atoms. The Kier molecular flexibility index (Phi) is 4.13. The summed E-state index contributed by atoms with van der Waals surface area (Å²) in [6.45, 7) is 4.13. The van der Waals surface area contributed by atoms with Gasteiger partial charge in [-0.2, -0.15) is 9.40 Å². The Bertz CT molecular complexity index is 483. The van der Waals surface area contributed by atoms with E-state index in [2.05, 4.69) is 21.8 Å². The highest BCUT2D eigenvalue weighted by Gasteiger charge is 2.34. The van der Waals surface area contributed by atoms with Gasteiger partial charge in [-0.3, -0.25) is 5.10 Å². The summed E-state index contributed by atoms with van der Waals surface area (Å²) in [5, 5.41) is 6.58. The molecule has 100 valence electrons.